The van der Waals surface area contributed by atoms with E-state index < -0.39 is 8.56 Å². The Kier molecular flexibility index (Phi) is 4.67. The SMILES string of the molecule is CO[Si](C)(C)OC(C1CCCC1)C1CCCC1. The second-order valence-electron chi connectivity index (χ2n) is 6.28. The van der Waals surface area contributed by atoms with Crippen LogP contribution in [0.15, 0.2) is 0 Å². The Hall–Kier alpha value is 0.137. The maximum atomic E-state index is 6.47. The summed E-state index contributed by atoms with van der Waals surface area (Å²) in [6, 6.07) is 0. The molecule has 0 unspecified atom stereocenters. The molecule has 17 heavy (non-hydrogen) atoms. The molecule has 3 heteroatoms. The molecule has 2 aliphatic rings. The standard InChI is InChI=1S/C14H28O2Si/c1-15-17(2,3)16-14(12-8-4-5-9-12)13-10-6-7-11-13/h12-14H,4-11H2,1-3H3. The molecule has 0 aromatic rings. The molecular formula is C14H28O2Si. The van der Waals surface area contributed by atoms with Crippen LogP contribution in [0, 0.1) is 11.8 Å². The van der Waals surface area contributed by atoms with E-state index in [1.165, 1.54) is 51.4 Å². The fourth-order valence-corrected chi connectivity index (χ4v) is 4.66. The molecule has 0 aliphatic heterocycles. The molecule has 0 bridgehead atoms. The minimum Gasteiger partial charge on any atom is -0.398 e. The maximum absolute atomic E-state index is 6.47. The molecular weight excluding hydrogens is 228 g/mol. The van der Waals surface area contributed by atoms with E-state index in [0.717, 1.165) is 11.8 Å². The Bertz CT molecular complexity index is 214. The van der Waals surface area contributed by atoms with Crippen molar-refractivity contribution in [2.45, 2.75) is 70.6 Å². The second-order valence-corrected chi connectivity index (χ2v) is 9.72. The van der Waals surface area contributed by atoms with Gasteiger partial charge in [-0.3, -0.25) is 0 Å². The third kappa shape index (κ3) is 3.55. The summed E-state index contributed by atoms with van der Waals surface area (Å²) in [6.45, 7) is 4.37. The molecule has 0 radical (unpaired) electrons. The van der Waals surface area contributed by atoms with Gasteiger partial charge in [0, 0.05) is 7.11 Å². The van der Waals surface area contributed by atoms with Crippen molar-refractivity contribution in [2.24, 2.45) is 11.8 Å². The van der Waals surface area contributed by atoms with Crippen molar-refractivity contribution in [1.29, 1.82) is 0 Å². The van der Waals surface area contributed by atoms with Crippen LogP contribution >= 0.6 is 0 Å². The van der Waals surface area contributed by atoms with Crippen LogP contribution in [0.2, 0.25) is 13.1 Å². The fraction of sp³-hybridized carbons (Fsp3) is 1.00. The molecule has 0 saturated heterocycles. The third-order valence-corrected chi connectivity index (χ3v) is 6.46. The van der Waals surface area contributed by atoms with E-state index in [9.17, 15) is 0 Å². The fourth-order valence-electron chi connectivity index (χ4n) is 3.53. The van der Waals surface area contributed by atoms with Gasteiger partial charge in [0.2, 0.25) is 0 Å². The summed E-state index contributed by atoms with van der Waals surface area (Å²) in [5.41, 5.74) is 0. The van der Waals surface area contributed by atoms with E-state index >= 15 is 0 Å². The van der Waals surface area contributed by atoms with E-state index in [1.54, 1.807) is 0 Å². The van der Waals surface area contributed by atoms with Crippen LogP contribution in [-0.2, 0) is 8.85 Å². The van der Waals surface area contributed by atoms with Crippen molar-refractivity contribution in [3.63, 3.8) is 0 Å². The Balaban J connectivity index is 2.00. The van der Waals surface area contributed by atoms with Crippen LogP contribution < -0.4 is 0 Å². The van der Waals surface area contributed by atoms with Gasteiger partial charge in [0.25, 0.3) is 0 Å². The number of hydrogen-bond acceptors (Lipinski definition) is 2. The highest BCUT2D eigenvalue weighted by Gasteiger charge is 2.38. The quantitative estimate of drug-likeness (QED) is 0.690. The highest BCUT2D eigenvalue weighted by molar-refractivity contribution is 6.64. The summed E-state index contributed by atoms with van der Waals surface area (Å²) in [5.74, 6) is 1.64. The largest absolute Gasteiger partial charge is 0.398 e. The lowest BCUT2D eigenvalue weighted by molar-refractivity contribution is 0.0442. The molecule has 0 aromatic heterocycles. The Morgan fingerprint density at radius 3 is 1.65 bits per heavy atom. The first kappa shape index (κ1) is 13.6. The average molecular weight is 256 g/mol. The number of rotatable bonds is 5. The average Bonchev–Trinajstić information content (AvgIpc) is 2.99. The van der Waals surface area contributed by atoms with Gasteiger partial charge in [0.15, 0.2) is 0 Å². The third-order valence-electron chi connectivity index (χ3n) is 4.64. The van der Waals surface area contributed by atoms with E-state index in [1.807, 2.05) is 7.11 Å². The Labute approximate surface area is 107 Å². The van der Waals surface area contributed by atoms with Crippen molar-refractivity contribution in [2.75, 3.05) is 7.11 Å². The molecule has 0 amide bonds. The zero-order valence-corrected chi connectivity index (χ0v) is 12.7. The van der Waals surface area contributed by atoms with Crippen molar-refractivity contribution in [3.8, 4) is 0 Å². The van der Waals surface area contributed by atoms with Crippen LogP contribution in [0.5, 0.6) is 0 Å². The van der Waals surface area contributed by atoms with E-state index in [4.69, 9.17) is 8.85 Å². The Morgan fingerprint density at radius 2 is 1.29 bits per heavy atom. The van der Waals surface area contributed by atoms with Crippen molar-refractivity contribution >= 4 is 8.56 Å². The van der Waals surface area contributed by atoms with Crippen molar-refractivity contribution in [1.82, 2.24) is 0 Å². The molecule has 2 nitrogen and oxygen atoms in total. The summed E-state index contributed by atoms with van der Waals surface area (Å²) in [4.78, 5) is 0. The van der Waals surface area contributed by atoms with Gasteiger partial charge < -0.3 is 8.85 Å². The first-order chi connectivity index (χ1) is 8.12. The molecule has 0 atom stereocenters. The highest BCUT2D eigenvalue weighted by atomic mass is 28.4. The van der Waals surface area contributed by atoms with Gasteiger partial charge in [0.05, 0.1) is 6.10 Å². The van der Waals surface area contributed by atoms with E-state index in [-0.39, 0.29) is 0 Å². The van der Waals surface area contributed by atoms with E-state index in [0.29, 0.717) is 6.10 Å². The van der Waals surface area contributed by atoms with Crippen LogP contribution in [-0.4, -0.2) is 21.8 Å². The minimum atomic E-state index is -1.88. The predicted molar refractivity (Wildman–Crippen MR) is 73.3 cm³/mol. The van der Waals surface area contributed by atoms with E-state index in [2.05, 4.69) is 13.1 Å². The maximum Gasteiger partial charge on any atom is 0.331 e. The van der Waals surface area contributed by atoms with Gasteiger partial charge in [-0.25, -0.2) is 0 Å². The summed E-state index contributed by atoms with van der Waals surface area (Å²) < 4.78 is 12.1. The van der Waals surface area contributed by atoms with Gasteiger partial charge in [-0.1, -0.05) is 25.7 Å². The molecule has 2 fully saturated rings. The molecule has 2 rings (SSSR count). The lowest BCUT2D eigenvalue weighted by atomic mass is 9.89. The summed E-state index contributed by atoms with van der Waals surface area (Å²) >= 11 is 0. The lowest BCUT2D eigenvalue weighted by Gasteiger charge is -2.35. The molecule has 0 aromatic carbocycles. The Morgan fingerprint density at radius 1 is 0.882 bits per heavy atom. The summed E-state index contributed by atoms with van der Waals surface area (Å²) in [6.07, 6.45) is 11.7. The number of hydrogen-bond donors (Lipinski definition) is 0. The van der Waals surface area contributed by atoms with Crippen LogP contribution in [0.3, 0.4) is 0 Å². The van der Waals surface area contributed by atoms with Crippen LogP contribution in [0.4, 0.5) is 0 Å². The first-order valence-corrected chi connectivity index (χ1v) is 10.2. The predicted octanol–water partition coefficient (Wildman–Crippen LogP) is 4.10. The molecule has 0 heterocycles. The summed E-state index contributed by atoms with van der Waals surface area (Å²) in [7, 11) is -0.0633. The van der Waals surface area contributed by atoms with Crippen molar-refractivity contribution < 1.29 is 8.85 Å². The van der Waals surface area contributed by atoms with Gasteiger partial charge in [-0.15, -0.1) is 0 Å². The second kappa shape index (κ2) is 5.85. The topological polar surface area (TPSA) is 18.5 Å². The molecule has 100 valence electrons. The molecule has 2 saturated carbocycles. The zero-order valence-electron chi connectivity index (χ0n) is 11.7. The van der Waals surface area contributed by atoms with Crippen molar-refractivity contribution in [3.05, 3.63) is 0 Å². The molecule has 0 spiro atoms. The smallest absolute Gasteiger partial charge is 0.331 e. The monoisotopic (exact) mass is 256 g/mol. The minimum absolute atomic E-state index is 0.501. The lowest BCUT2D eigenvalue weighted by Crippen LogP contribution is -2.43. The van der Waals surface area contributed by atoms with Gasteiger partial charge >= 0.3 is 8.56 Å². The van der Waals surface area contributed by atoms with Gasteiger partial charge in [-0.2, -0.15) is 0 Å². The van der Waals surface area contributed by atoms with Crippen LogP contribution in [0.1, 0.15) is 51.4 Å². The molecule has 2 aliphatic carbocycles. The first-order valence-electron chi connectivity index (χ1n) is 7.35. The zero-order chi connectivity index (χ0) is 12.3. The highest BCUT2D eigenvalue weighted by Crippen LogP contribution is 2.40. The normalized spacial score (nSPS) is 24.0. The molecule has 0 N–H and O–H groups in total. The summed E-state index contributed by atoms with van der Waals surface area (Å²) in [5, 5.41) is 0. The van der Waals surface area contributed by atoms with Gasteiger partial charge in [0.1, 0.15) is 0 Å². The van der Waals surface area contributed by atoms with Crippen LogP contribution in [0.25, 0.3) is 0 Å². The van der Waals surface area contributed by atoms with Gasteiger partial charge in [-0.05, 0) is 50.6 Å².